The Bertz CT molecular complexity index is 2690. The van der Waals surface area contributed by atoms with E-state index >= 15 is 0 Å². The topological polar surface area (TPSA) is 9.23 Å². The molecule has 7 heteroatoms. The van der Waals surface area contributed by atoms with Crippen LogP contribution in [-0.4, -0.2) is 34.8 Å². The minimum Gasteiger partial charge on any atom is -0.214 e. The number of alkyl halides is 1. The second kappa shape index (κ2) is 29.4. The third kappa shape index (κ3) is 15.4. The Morgan fingerprint density at radius 3 is 0.831 bits per heavy atom. The molecule has 1 saturated carbocycles. The van der Waals surface area contributed by atoms with Crippen molar-refractivity contribution in [3.63, 3.8) is 0 Å². The van der Waals surface area contributed by atoms with Gasteiger partial charge in [0.2, 0.25) is 0 Å². The Balaban J connectivity index is 0.000000139. The van der Waals surface area contributed by atoms with Gasteiger partial charge < -0.3 is 0 Å². The van der Waals surface area contributed by atoms with Gasteiger partial charge in [0.1, 0.15) is 0 Å². The number of benzene rings is 9. The summed E-state index contributed by atoms with van der Waals surface area (Å²) in [5, 5.41) is 11.8. The molecule has 1 heterocycles. The molecule has 10 aromatic carbocycles. The third-order valence-electron chi connectivity index (χ3n) is 14.0. The van der Waals surface area contributed by atoms with Crippen LogP contribution in [0.15, 0.2) is 303 Å². The summed E-state index contributed by atoms with van der Waals surface area (Å²) in [7, 11) is -1.39. The fourth-order valence-electron chi connectivity index (χ4n) is 10.3. The molecule has 0 aromatic heterocycles. The summed E-state index contributed by atoms with van der Waals surface area (Å²) in [6, 6.07) is 108. The molecule has 0 N–H and O–H groups in total. The number of ether oxygens (including phenoxy) is 1. The van der Waals surface area contributed by atoms with E-state index in [2.05, 4.69) is 261 Å². The molecule has 0 spiro atoms. The van der Waals surface area contributed by atoms with Crippen LogP contribution in [0.1, 0.15) is 31.2 Å². The average Bonchev–Trinajstić information content (AvgIpc) is 4.36. The van der Waals surface area contributed by atoms with Crippen molar-refractivity contribution in [3.8, 4) is 0 Å². The summed E-state index contributed by atoms with van der Waals surface area (Å²) >= 11 is 2.42. The van der Waals surface area contributed by atoms with Gasteiger partial charge in [-0.2, -0.15) is 18.2 Å². The molecule has 2 atom stereocenters. The molecular formula is C70H66FOP4Ru. The Labute approximate surface area is 472 Å². The van der Waals surface area contributed by atoms with Gasteiger partial charge in [-0.3, -0.25) is 0 Å². The van der Waals surface area contributed by atoms with Gasteiger partial charge in [0.25, 0.3) is 0 Å². The Kier molecular flexibility index (Phi) is 21.5. The molecule has 10 aromatic rings. The molecule has 1 nitrogen and oxygen atoms in total. The summed E-state index contributed by atoms with van der Waals surface area (Å²) in [5.41, 5.74) is 0.643. The maximum Gasteiger partial charge on any atom is -0.0195 e. The fourth-order valence-corrected chi connectivity index (χ4v) is 21.8. The SMILES string of the molecule is F[C@]12CCC[C@@]1(c1ccccc1)C[C](=[Ru+])O2.c1cc[cH-]c1.c1ccc(P(CCP(c2ccccc2)c2ccccc2)c2ccccc2)cc1.c1ccc(P(CCP(c2ccccc2)c2ccccc2)c2ccccc2)cc1. The van der Waals surface area contributed by atoms with Crippen molar-refractivity contribution in [2.45, 2.75) is 37.0 Å². The fraction of sp³-hybridized carbons (Fsp3) is 0.143. The van der Waals surface area contributed by atoms with Gasteiger partial charge in [-0.05, 0) is 98.8 Å². The predicted molar refractivity (Wildman–Crippen MR) is 334 cm³/mol. The molecule has 2 fully saturated rings. The number of hydrogen-bond acceptors (Lipinski definition) is 1. The average molecular weight is 1170 g/mol. The molecule has 387 valence electrons. The minimum absolute atomic E-state index is 0.348. The summed E-state index contributed by atoms with van der Waals surface area (Å²) in [5.74, 6) is -1.48. The van der Waals surface area contributed by atoms with Crippen LogP contribution in [0, 0.1) is 0 Å². The second-order valence-electron chi connectivity index (χ2n) is 18.9. The molecule has 0 radical (unpaired) electrons. The smallest absolute Gasteiger partial charge is 0.0195 e. The van der Waals surface area contributed by atoms with Crippen molar-refractivity contribution in [2.24, 2.45) is 0 Å². The molecule has 0 bridgehead atoms. The quantitative estimate of drug-likeness (QED) is 0.0565. The molecule has 1 saturated heterocycles. The van der Waals surface area contributed by atoms with Crippen LogP contribution in [0.5, 0.6) is 0 Å². The van der Waals surface area contributed by atoms with Crippen LogP contribution in [0.4, 0.5) is 4.39 Å². The zero-order valence-electron chi connectivity index (χ0n) is 43.5. The van der Waals surface area contributed by atoms with Crippen LogP contribution in [0.25, 0.3) is 0 Å². The zero-order valence-corrected chi connectivity index (χ0v) is 48.8. The van der Waals surface area contributed by atoms with E-state index in [0.717, 1.165) is 22.7 Å². The normalized spacial score (nSPS) is 16.4. The van der Waals surface area contributed by atoms with E-state index in [0.29, 0.717) is 12.8 Å². The second-order valence-corrected chi connectivity index (χ2v) is 29.2. The van der Waals surface area contributed by atoms with Crippen molar-refractivity contribution >= 4 is 78.4 Å². The van der Waals surface area contributed by atoms with E-state index in [9.17, 15) is 4.39 Å². The van der Waals surface area contributed by atoms with Gasteiger partial charge >= 0.3 is 104 Å². The number of halogens is 1. The van der Waals surface area contributed by atoms with E-state index in [4.69, 9.17) is 4.74 Å². The summed E-state index contributed by atoms with van der Waals surface area (Å²) < 4.78 is 21.1. The van der Waals surface area contributed by atoms with Crippen molar-refractivity contribution in [1.82, 2.24) is 0 Å². The molecule has 0 amide bonds. The predicted octanol–water partition coefficient (Wildman–Crippen LogP) is 14.8. The van der Waals surface area contributed by atoms with Crippen molar-refractivity contribution in [3.05, 3.63) is 309 Å². The number of hydrogen-bond donors (Lipinski definition) is 0. The van der Waals surface area contributed by atoms with Crippen LogP contribution in [-0.2, 0) is 28.0 Å². The number of fused-ring (bicyclic) bond motifs is 1. The first kappa shape index (κ1) is 56.2. The van der Waals surface area contributed by atoms with Gasteiger partial charge in [-0.1, -0.05) is 243 Å². The van der Waals surface area contributed by atoms with E-state index < -0.39 is 11.3 Å². The molecule has 1 aliphatic heterocycles. The third-order valence-corrected chi connectivity index (χ3v) is 25.3. The summed E-state index contributed by atoms with van der Waals surface area (Å²) in [6.45, 7) is 0. The van der Waals surface area contributed by atoms with E-state index in [1.54, 1.807) is 0 Å². The van der Waals surface area contributed by atoms with Crippen molar-refractivity contribution in [2.75, 3.05) is 24.6 Å². The zero-order chi connectivity index (χ0) is 52.8. The van der Waals surface area contributed by atoms with Crippen LogP contribution in [0.2, 0.25) is 0 Å². The Morgan fingerprint density at radius 1 is 0.351 bits per heavy atom. The van der Waals surface area contributed by atoms with Gasteiger partial charge in [0, 0.05) is 0 Å². The van der Waals surface area contributed by atoms with E-state index in [-0.39, 0.29) is 31.7 Å². The van der Waals surface area contributed by atoms with Gasteiger partial charge in [-0.15, -0.1) is 0 Å². The Hall–Kier alpha value is -5.57. The van der Waals surface area contributed by atoms with Crippen LogP contribution < -0.4 is 42.4 Å². The van der Waals surface area contributed by atoms with Crippen LogP contribution in [0.3, 0.4) is 0 Å². The molecule has 2 aliphatic rings. The van der Waals surface area contributed by atoms with Gasteiger partial charge in [0.15, 0.2) is 0 Å². The first-order chi connectivity index (χ1) is 38.0. The number of rotatable bonds is 15. The van der Waals surface area contributed by atoms with Gasteiger partial charge in [0.05, 0.1) is 0 Å². The molecule has 1 aliphatic carbocycles. The van der Waals surface area contributed by atoms with Crippen molar-refractivity contribution in [1.29, 1.82) is 0 Å². The standard InChI is InChI=1S/2C26H24P2.C13H13FO.C5H5.Ru/c2*1-5-13-23(14-6-1)27(24-15-7-2-8-16-24)21-22-28(25-17-9-3-10-18-25)26-19-11-4-12-20-26;14-13-8-4-7-12(13,9-10-15-13)11-5-2-1-3-6-11;1-2-4-5-3-1;/h2*1-20H,21-22H2;1-3,5-6H,4,7-9H2;1-5H;/q;;;-1;+1/t;;12-,13-;;/m..0../s1. The molecule has 77 heavy (non-hydrogen) atoms. The summed E-state index contributed by atoms with van der Waals surface area (Å²) in [4.78, 5) is 0. The first-order valence-electron chi connectivity index (χ1n) is 26.6. The van der Waals surface area contributed by atoms with Crippen molar-refractivity contribution < 1.29 is 27.0 Å². The van der Waals surface area contributed by atoms with E-state index in [1.807, 2.05) is 60.7 Å². The maximum absolute atomic E-state index is 14.8. The molecule has 12 rings (SSSR count). The maximum atomic E-state index is 14.8. The monoisotopic (exact) mass is 1170 g/mol. The first-order valence-corrected chi connectivity index (χ1v) is 33.6. The summed E-state index contributed by atoms with van der Waals surface area (Å²) in [6.07, 6.45) is 7.83. The van der Waals surface area contributed by atoms with Crippen LogP contribution >= 0.6 is 31.7 Å². The van der Waals surface area contributed by atoms with Gasteiger partial charge in [-0.25, -0.2) is 12.1 Å². The van der Waals surface area contributed by atoms with E-state index in [1.165, 1.54) is 67.1 Å². The molecule has 0 unspecified atom stereocenters. The Morgan fingerprint density at radius 2 is 0.597 bits per heavy atom. The molecular weight excluding hydrogens is 1100 g/mol. The largest absolute Gasteiger partial charge is 0.214 e. The minimum atomic E-state index is -1.48.